The molecule has 1 aromatic heterocycles. The van der Waals surface area contributed by atoms with Gasteiger partial charge < -0.3 is 9.30 Å². The summed E-state index contributed by atoms with van der Waals surface area (Å²) in [6.45, 7) is 0. The third kappa shape index (κ3) is 2.56. The standard InChI is InChI=1S/C19H16N2O4/c1-24-21-17(12-18(22)25-14-8-3-2-4-9-14)20-15-10-6-5-7-13(15)11-16(20)19(21)23/h2-11,17H,12H2,1H3. The molecule has 0 saturated heterocycles. The van der Waals surface area contributed by atoms with Crippen LogP contribution in [0.15, 0.2) is 60.7 Å². The summed E-state index contributed by atoms with van der Waals surface area (Å²) in [7, 11) is 1.42. The first-order chi connectivity index (χ1) is 12.2. The minimum Gasteiger partial charge on any atom is -0.426 e. The van der Waals surface area contributed by atoms with Crippen LogP contribution in [0.5, 0.6) is 5.75 Å². The van der Waals surface area contributed by atoms with Crippen molar-refractivity contribution in [1.29, 1.82) is 0 Å². The molecule has 0 aliphatic carbocycles. The topological polar surface area (TPSA) is 60.8 Å². The van der Waals surface area contributed by atoms with E-state index in [0.29, 0.717) is 11.4 Å². The van der Waals surface area contributed by atoms with E-state index in [1.165, 1.54) is 12.2 Å². The van der Waals surface area contributed by atoms with Gasteiger partial charge >= 0.3 is 5.97 Å². The fourth-order valence-corrected chi connectivity index (χ4v) is 3.20. The quantitative estimate of drug-likeness (QED) is 0.542. The van der Waals surface area contributed by atoms with Gasteiger partial charge in [0.2, 0.25) is 0 Å². The van der Waals surface area contributed by atoms with E-state index in [1.54, 1.807) is 24.3 Å². The zero-order chi connectivity index (χ0) is 17.4. The maximum atomic E-state index is 12.6. The molecule has 0 spiro atoms. The molecule has 0 fully saturated rings. The lowest BCUT2D eigenvalue weighted by molar-refractivity contribution is -0.151. The molecule has 2 aromatic carbocycles. The number of esters is 1. The van der Waals surface area contributed by atoms with Gasteiger partial charge in [0.1, 0.15) is 17.6 Å². The molecule has 25 heavy (non-hydrogen) atoms. The molecule has 1 aliphatic rings. The van der Waals surface area contributed by atoms with Crippen molar-refractivity contribution in [2.75, 3.05) is 7.11 Å². The first-order valence-corrected chi connectivity index (χ1v) is 7.92. The highest BCUT2D eigenvalue weighted by Crippen LogP contribution is 2.35. The Morgan fingerprint density at radius 1 is 1.08 bits per heavy atom. The van der Waals surface area contributed by atoms with E-state index in [1.807, 2.05) is 41.0 Å². The minimum atomic E-state index is -0.580. The van der Waals surface area contributed by atoms with E-state index in [9.17, 15) is 9.59 Å². The van der Waals surface area contributed by atoms with E-state index in [4.69, 9.17) is 9.57 Å². The maximum absolute atomic E-state index is 12.6. The van der Waals surface area contributed by atoms with Crippen LogP contribution in [0, 0.1) is 0 Å². The van der Waals surface area contributed by atoms with Crippen molar-refractivity contribution >= 4 is 22.8 Å². The van der Waals surface area contributed by atoms with Gasteiger partial charge in [0, 0.05) is 5.39 Å². The van der Waals surface area contributed by atoms with Crippen molar-refractivity contribution in [1.82, 2.24) is 9.63 Å². The Labute approximate surface area is 144 Å². The van der Waals surface area contributed by atoms with Gasteiger partial charge in [-0.1, -0.05) is 36.4 Å². The summed E-state index contributed by atoms with van der Waals surface area (Å²) in [5, 5.41) is 2.16. The number of fused-ring (bicyclic) bond motifs is 3. The van der Waals surface area contributed by atoms with E-state index in [0.717, 1.165) is 10.9 Å². The number of aromatic nitrogens is 1. The lowest BCUT2D eigenvalue weighted by atomic mass is 10.2. The SMILES string of the molecule is CON1C(=O)c2cc3ccccc3n2C1CC(=O)Oc1ccccc1. The van der Waals surface area contributed by atoms with E-state index < -0.39 is 12.1 Å². The second kappa shape index (κ2) is 6.07. The minimum absolute atomic E-state index is 0.0137. The van der Waals surface area contributed by atoms with Crippen molar-refractivity contribution in [3.05, 3.63) is 66.4 Å². The first-order valence-electron chi connectivity index (χ1n) is 7.92. The number of nitrogens with zero attached hydrogens (tertiary/aromatic N) is 2. The van der Waals surface area contributed by atoms with E-state index in [-0.39, 0.29) is 12.3 Å². The molecule has 126 valence electrons. The summed E-state index contributed by atoms with van der Waals surface area (Å²) in [5.74, 6) is -0.230. The maximum Gasteiger partial charge on any atom is 0.315 e. The van der Waals surface area contributed by atoms with Crippen molar-refractivity contribution in [3.63, 3.8) is 0 Å². The van der Waals surface area contributed by atoms with Gasteiger partial charge in [-0.05, 0) is 24.3 Å². The predicted molar refractivity (Wildman–Crippen MR) is 90.8 cm³/mol. The number of hydrogen-bond acceptors (Lipinski definition) is 4. The van der Waals surface area contributed by atoms with Gasteiger partial charge in [-0.25, -0.2) is 0 Å². The van der Waals surface area contributed by atoms with Gasteiger partial charge in [0.15, 0.2) is 0 Å². The molecular weight excluding hydrogens is 320 g/mol. The molecule has 0 saturated carbocycles. The Hall–Kier alpha value is -3.12. The Kier molecular flexibility index (Phi) is 3.74. The van der Waals surface area contributed by atoms with Gasteiger partial charge in [0.05, 0.1) is 19.0 Å². The zero-order valence-electron chi connectivity index (χ0n) is 13.6. The average molecular weight is 336 g/mol. The van der Waals surface area contributed by atoms with Crippen molar-refractivity contribution in [2.24, 2.45) is 0 Å². The molecular formula is C19H16N2O4. The van der Waals surface area contributed by atoms with Crippen LogP contribution in [0.4, 0.5) is 0 Å². The fourth-order valence-electron chi connectivity index (χ4n) is 3.20. The Balaban J connectivity index is 1.66. The summed E-state index contributed by atoms with van der Waals surface area (Å²) >= 11 is 0. The molecule has 1 atom stereocenters. The number of benzene rings is 2. The van der Waals surface area contributed by atoms with Crippen LogP contribution in [-0.4, -0.2) is 28.6 Å². The molecule has 1 amide bonds. The van der Waals surface area contributed by atoms with Crippen LogP contribution in [0.1, 0.15) is 23.1 Å². The zero-order valence-corrected chi connectivity index (χ0v) is 13.6. The molecule has 4 rings (SSSR count). The first kappa shape index (κ1) is 15.4. The van der Waals surface area contributed by atoms with Gasteiger partial charge in [-0.2, -0.15) is 5.06 Å². The second-order valence-corrected chi connectivity index (χ2v) is 5.74. The average Bonchev–Trinajstić information content (AvgIpc) is 3.12. The third-order valence-corrected chi connectivity index (χ3v) is 4.26. The molecule has 6 nitrogen and oxygen atoms in total. The summed E-state index contributed by atoms with van der Waals surface area (Å²) in [5.41, 5.74) is 1.38. The smallest absolute Gasteiger partial charge is 0.315 e. The van der Waals surface area contributed by atoms with Crippen LogP contribution in [0.2, 0.25) is 0 Å². The molecule has 1 unspecified atom stereocenters. The van der Waals surface area contributed by atoms with Gasteiger partial charge in [-0.3, -0.25) is 14.4 Å². The second-order valence-electron chi connectivity index (χ2n) is 5.74. The summed E-state index contributed by atoms with van der Waals surface area (Å²) in [6.07, 6.45) is -0.594. The number of amides is 1. The van der Waals surface area contributed by atoms with Crippen LogP contribution >= 0.6 is 0 Å². The van der Waals surface area contributed by atoms with Crippen LogP contribution in [0.25, 0.3) is 10.9 Å². The Bertz CT molecular complexity index is 948. The van der Waals surface area contributed by atoms with E-state index >= 15 is 0 Å². The van der Waals surface area contributed by atoms with Crippen LogP contribution in [0.3, 0.4) is 0 Å². The number of ether oxygens (including phenoxy) is 1. The highest BCUT2D eigenvalue weighted by Gasteiger charge is 2.40. The third-order valence-electron chi connectivity index (χ3n) is 4.26. The van der Waals surface area contributed by atoms with Crippen molar-refractivity contribution in [3.8, 4) is 5.75 Å². The van der Waals surface area contributed by atoms with Gasteiger partial charge in [-0.15, -0.1) is 0 Å². The molecule has 0 N–H and O–H groups in total. The molecule has 1 aliphatic heterocycles. The fraction of sp³-hybridized carbons (Fsp3) is 0.158. The molecule has 6 heteroatoms. The normalized spacial score (nSPS) is 16.3. The Morgan fingerprint density at radius 3 is 2.56 bits per heavy atom. The number of rotatable bonds is 4. The lowest BCUT2D eigenvalue weighted by Gasteiger charge is -2.23. The molecule has 0 radical (unpaired) electrons. The number of para-hydroxylation sites is 2. The summed E-state index contributed by atoms with van der Waals surface area (Å²) in [6, 6.07) is 18.3. The molecule has 2 heterocycles. The number of hydroxylamine groups is 2. The van der Waals surface area contributed by atoms with Crippen LogP contribution < -0.4 is 4.74 Å². The number of carbonyl (C=O) groups excluding carboxylic acids is 2. The Morgan fingerprint density at radius 2 is 1.80 bits per heavy atom. The largest absolute Gasteiger partial charge is 0.426 e. The summed E-state index contributed by atoms with van der Waals surface area (Å²) < 4.78 is 7.19. The molecule has 0 bridgehead atoms. The van der Waals surface area contributed by atoms with E-state index in [2.05, 4.69) is 0 Å². The van der Waals surface area contributed by atoms with Crippen molar-refractivity contribution < 1.29 is 19.2 Å². The number of hydrogen-bond donors (Lipinski definition) is 0. The highest BCUT2D eigenvalue weighted by molar-refractivity contribution is 6.01. The summed E-state index contributed by atoms with van der Waals surface area (Å²) in [4.78, 5) is 30.2. The van der Waals surface area contributed by atoms with Gasteiger partial charge in [0.25, 0.3) is 5.91 Å². The highest BCUT2D eigenvalue weighted by atomic mass is 16.7. The molecule has 3 aromatic rings. The lowest BCUT2D eigenvalue weighted by Crippen LogP contribution is -2.31. The monoisotopic (exact) mass is 336 g/mol. The van der Waals surface area contributed by atoms with Crippen molar-refractivity contribution in [2.45, 2.75) is 12.6 Å². The predicted octanol–water partition coefficient (Wildman–Crippen LogP) is 3.15. The van der Waals surface area contributed by atoms with Crippen LogP contribution in [-0.2, 0) is 9.63 Å². The number of carbonyl (C=O) groups is 2.